The van der Waals surface area contributed by atoms with Crippen molar-refractivity contribution in [1.29, 1.82) is 0 Å². The van der Waals surface area contributed by atoms with E-state index in [4.69, 9.17) is 0 Å². The molecular weight excluding hydrogens is 380 g/mol. The van der Waals surface area contributed by atoms with Gasteiger partial charge in [-0.15, -0.1) is 0 Å². The number of rotatable bonds is 5. The van der Waals surface area contributed by atoms with Gasteiger partial charge in [-0.05, 0) is 47.9 Å². The number of carboxylic acids is 1. The lowest BCUT2D eigenvalue weighted by atomic mass is 9.90. The van der Waals surface area contributed by atoms with E-state index in [1.807, 2.05) is 30.3 Å². The highest BCUT2D eigenvalue weighted by atomic mass is 16.4. The van der Waals surface area contributed by atoms with E-state index in [9.17, 15) is 14.7 Å². The third-order valence-corrected chi connectivity index (χ3v) is 5.92. The van der Waals surface area contributed by atoms with E-state index in [0.717, 1.165) is 42.0 Å². The zero-order chi connectivity index (χ0) is 20.9. The number of urea groups is 1. The number of nitrogens with one attached hydrogen (secondary N) is 2. The van der Waals surface area contributed by atoms with Gasteiger partial charge in [-0.25, -0.2) is 9.78 Å². The smallest absolute Gasteiger partial charge is 0.317 e. The number of carboxylic acid groups (broad SMARTS) is 1. The molecule has 0 aliphatic carbocycles. The van der Waals surface area contributed by atoms with E-state index < -0.39 is 5.97 Å². The van der Waals surface area contributed by atoms with E-state index in [-0.39, 0.29) is 18.4 Å². The van der Waals surface area contributed by atoms with Crippen molar-refractivity contribution in [2.24, 2.45) is 0 Å². The second-order valence-corrected chi connectivity index (χ2v) is 8.03. The Morgan fingerprint density at radius 3 is 2.93 bits per heavy atom. The van der Waals surface area contributed by atoms with Gasteiger partial charge in [0, 0.05) is 38.3 Å². The predicted molar refractivity (Wildman–Crippen MR) is 115 cm³/mol. The number of benzene rings is 1. The molecule has 2 aliphatic heterocycles. The number of fused-ring (bicyclic) bond motifs is 2. The molecule has 0 radical (unpaired) electrons. The largest absolute Gasteiger partial charge is 0.481 e. The van der Waals surface area contributed by atoms with E-state index in [0.29, 0.717) is 32.5 Å². The summed E-state index contributed by atoms with van der Waals surface area (Å²) in [6.07, 6.45) is 3.61. The molecule has 3 N–H and O–H groups in total. The minimum absolute atomic E-state index is 0.0660. The van der Waals surface area contributed by atoms with Gasteiger partial charge in [-0.2, -0.15) is 0 Å². The maximum atomic E-state index is 12.8. The van der Waals surface area contributed by atoms with Crippen LogP contribution in [0, 0.1) is 0 Å². The van der Waals surface area contributed by atoms with Crippen molar-refractivity contribution in [3.05, 3.63) is 58.8 Å². The lowest BCUT2D eigenvalue weighted by molar-refractivity contribution is -0.137. The molecule has 1 aromatic heterocycles. The quantitative estimate of drug-likeness (QED) is 0.707. The number of carbonyl (C=O) groups excluding carboxylic acids is 1. The number of aryl methyl sites for hydroxylation is 1. The number of amides is 2. The van der Waals surface area contributed by atoms with Crippen molar-refractivity contribution >= 4 is 17.8 Å². The Morgan fingerprint density at radius 2 is 2.07 bits per heavy atom. The summed E-state index contributed by atoms with van der Waals surface area (Å²) in [7, 11) is 0. The molecule has 0 fully saturated rings. The summed E-state index contributed by atoms with van der Waals surface area (Å²) in [6.45, 7) is 2.51. The molecule has 0 saturated carbocycles. The van der Waals surface area contributed by atoms with Crippen LogP contribution in [-0.2, 0) is 24.2 Å². The fourth-order valence-electron chi connectivity index (χ4n) is 4.34. The lowest BCUT2D eigenvalue weighted by Gasteiger charge is -2.22. The van der Waals surface area contributed by atoms with Crippen molar-refractivity contribution in [2.45, 2.75) is 44.6 Å². The molecule has 7 nitrogen and oxygen atoms in total. The van der Waals surface area contributed by atoms with E-state index >= 15 is 0 Å². The minimum atomic E-state index is -0.806. The molecule has 0 spiro atoms. The van der Waals surface area contributed by atoms with Crippen molar-refractivity contribution in [3.8, 4) is 0 Å². The molecule has 2 aliphatic rings. The molecule has 0 saturated heterocycles. The summed E-state index contributed by atoms with van der Waals surface area (Å²) in [6, 6.07) is 11.9. The first-order valence-electron chi connectivity index (χ1n) is 10.6. The van der Waals surface area contributed by atoms with Crippen LogP contribution in [0.15, 0.2) is 36.4 Å². The molecule has 0 unspecified atom stereocenters. The standard InChI is InChI=1S/C23H28N4O3/c28-21(29)14-17-10-13-27(15-18-4-1-2-6-20(17)18)23(30)25-12-9-19-8-7-16-5-3-11-24-22(16)26-19/h1-2,4,6-8,17H,3,5,9-15H2,(H,24,26)(H,25,30)(H,28,29)/t17-/m0/s1. The maximum Gasteiger partial charge on any atom is 0.317 e. The van der Waals surface area contributed by atoms with Gasteiger partial charge in [0.05, 0.1) is 6.42 Å². The zero-order valence-electron chi connectivity index (χ0n) is 17.1. The fraction of sp³-hybridized carbons (Fsp3) is 0.435. The monoisotopic (exact) mass is 408 g/mol. The van der Waals surface area contributed by atoms with E-state index in [2.05, 4.69) is 21.7 Å². The van der Waals surface area contributed by atoms with Crippen LogP contribution >= 0.6 is 0 Å². The SMILES string of the molecule is O=C(O)C[C@@H]1CCN(C(=O)NCCc2ccc3c(n2)NCCC3)Cc2ccccc21. The number of anilines is 1. The van der Waals surface area contributed by atoms with Crippen LogP contribution in [0.4, 0.5) is 10.6 Å². The average Bonchev–Trinajstić information content (AvgIpc) is 2.93. The van der Waals surface area contributed by atoms with Gasteiger partial charge in [0.15, 0.2) is 0 Å². The Balaban J connectivity index is 1.35. The van der Waals surface area contributed by atoms with Crippen LogP contribution in [-0.4, -0.2) is 46.6 Å². The molecule has 2 amide bonds. The van der Waals surface area contributed by atoms with Crippen LogP contribution < -0.4 is 10.6 Å². The number of pyridine rings is 1. The van der Waals surface area contributed by atoms with Gasteiger partial charge in [0.2, 0.25) is 0 Å². The Morgan fingerprint density at radius 1 is 1.20 bits per heavy atom. The Labute approximate surface area is 176 Å². The summed E-state index contributed by atoms with van der Waals surface area (Å²) < 4.78 is 0. The summed E-state index contributed by atoms with van der Waals surface area (Å²) in [4.78, 5) is 30.5. The Hall–Kier alpha value is -3.09. The summed E-state index contributed by atoms with van der Waals surface area (Å²) in [5, 5.41) is 15.6. The van der Waals surface area contributed by atoms with Crippen molar-refractivity contribution in [1.82, 2.24) is 15.2 Å². The Kier molecular flexibility index (Phi) is 6.16. The maximum absolute atomic E-state index is 12.8. The van der Waals surface area contributed by atoms with Crippen molar-refractivity contribution in [2.75, 3.05) is 25.0 Å². The molecule has 1 aromatic carbocycles. The molecule has 7 heteroatoms. The molecule has 158 valence electrons. The summed E-state index contributed by atoms with van der Waals surface area (Å²) in [5.74, 6) is 0.0992. The summed E-state index contributed by atoms with van der Waals surface area (Å²) >= 11 is 0. The van der Waals surface area contributed by atoms with Crippen LogP contribution in [0.5, 0.6) is 0 Å². The van der Waals surface area contributed by atoms with Crippen LogP contribution in [0.1, 0.15) is 47.6 Å². The van der Waals surface area contributed by atoms with Gasteiger partial charge in [0.25, 0.3) is 0 Å². The van der Waals surface area contributed by atoms with Crippen molar-refractivity contribution in [3.63, 3.8) is 0 Å². The minimum Gasteiger partial charge on any atom is -0.481 e. The van der Waals surface area contributed by atoms with Gasteiger partial charge in [-0.3, -0.25) is 4.79 Å². The van der Waals surface area contributed by atoms with Gasteiger partial charge in [-0.1, -0.05) is 30.3 Å². The predicted octanol–water partition coefficient (Wildman–Crippen LogP) is 3.16. The second kappa shape index (κ2) is 9.15. The first-order valence-corrected chi connectivity index (χ1v) is 10.6. The van der Waals surface area contributed by atoms with Gasteiger partial charge < -0.3 is 20.6 Å². The van der Waals surface area contributed by atoms with Gasteiger partial charge in [0.1, 0.15) is 5.82 Å². The zero-order valence-corrected chi connectivity index (χ0v) is 17.1. The molecular formula is C23H28N4O3. The third-order valence-electron chi connectivity index (χ3n) is 5.92. The second-order valence-electron chi connectivity index (χ2n) is 8.03. The first kappa shape index (κ1) is 20.2. The highest BCUT2D eigenvalue weighted by Crippen LogP contribution is 2.31. The first-order chi connectivity index (χ1) is 14.6. The average molecular weight is 409 g/mol. The Bertz CT molecular complexity index is 930. The number of aliphatic carboxylic acids is 1. The number of hydrogen-bond donors (Lipinski definition) is 3. The van der Waals surface area contributed by atoms with Crippen LogP contribution in [0.25, 0.3) is 0 Å². The normalized spacial score (nSPS) is 17.9. The number of carbonyl (C=O) groups is 2. The molecule has 30 heavy (non-hydrogen) atoms. The van der Waals surface area contributed by atoms with E-state index in [1.54, 1.807) is 4.90 Å². The highest BCUT2D eigenvalue weighted by Gasteiger charge is 2.26. The van der Waals surface area contributed by atoms with Crippen molar-refractivity contribution < 1.29 is 14.7 Å². The van der Waals surface area contributed by atoms with Crippen LogP contribution in [0.3, 0.4) is 0 Å². The third kappa shape index (κ3) is 4.72. The van der Waals surface area contributed by atoms with Gasteiger partial charge >= 0.3 is 12.0 Å². The number of nitrogens with zero attached hydrogens (tertiary/aromatic N) is 2. The molecule has 4 rings (SSSR count). The summed E-state index contributed by atoms with van der Waals surface area (Å²) in [5.41, 5.74) is 4.29. The molecule has 1 atom stereocenters. The molecule has 2 aromatic rings. The fourth-order valence-corrected chi connectivity index (χ4v) is 4.34. The number of aromatic nitrogens is 1. The lowest BCUT2D eigenvalue weighted by Crippen LogP contribution is -2.40. The molecule has 0 bridgehead atoms. The molecule has 3 heterocycles. The van der Waals surface area contributed by atoms with Crippen LogP contribution in [0.2, 0.25) is 0 Å². The number of hydrogen-bond acceptors (Lipinski definition) is 4. The highest BCUT2D eigenvalue weighted by molar-refractivity contribution is 5.74. The van der Waals surface area contributed by atoms with E-state index in [1.165, 1.54) is 5.56 Å². The topological polar surface area (TPSA) is 94.6 Å².